The van der Waals surface area contributed by atoms with Crippen LogP contribution in [0.1, 0.15) is 29.3 Å². The summed E-state index contributed by atoms with van der Waals surface area (Å²) in [5, 5.41) is 0. The van der Waals surface area contributed by atoms with Gasteiger partial charge in [0.2, 0.25) is 0 Å². The molecule has 0 bridgehead atoms. The Morgan fingerprint density at radius 3 is 2.34 bits per heavy atom. The molecule has 8 heteroatoms. The van der Waals surface area contributed by atoms with Gasteiger partial charge in [0, 0.05) is 6.08 Å². The van der Waals surface area contributed by atoms with Gasteiger partial charge < -0.3 is 9.47 Å². The summed E-state index contributed by atoms with van der Waals surface area (Å²) >= 11 is 0. The molecule has 0 aliphatic carbocycles. The number of hydrazine groups is 1. The molecule has 0 fully saturated rings. The van der Waals surface area contributed by atoms with Crippen LogP contribution in [0.4, 0.5) is 4.39 Å². The van der Waals surface area contributed by atoms with E-state index in [1.54, 1.807) is 12.1 Å². The molecule has 2 aromatic carbocycles. The van der Waals surface area contributed by atoms with Crippen molar-refractivity contribution >= 4 is 23.9 Å². The first kappa shape index (κ1) is 21.6. The van der Waals surface area contributed by atoms with Crippen molar-refractivity contribution in [3.8, 4) is 5.75 Å². The van der Waals surface area contributed by atoms with Crippen LogP contribution in [0.5, 0.6) is 5.75 Å². The minimum absolute atomic E-state index is 0.332. The van der Waals surface area contributed by atoms with Crippen LogP contribution in [0.3, 0.4) is 0 Å². The van der Waals surface area contributed by atoms with Gasteiger partial charge in [-0.1, -0.05) is 19.1 Å². The highest BCUT2D eigenvalue weighted by Crippen LogP contribution is 2.13. The lowest BCUT2D eigenvalue weighted by atomic mass is 10.2. The number of ether oxygens (including phenoxy) is 2. The zero-order valence-corrected chi connectivity index (χ0v) is 15.8. The molecule has 0 unspecified atom stereocenters. The molecule has 0 aliphatic heterocycles. The number of nitrogens with one attached hydrogen (secondary N) is 2. The monoisotopic (exact) mass is 400 g/mol. The molecule has 0 saturated heterocycles. The van der Waals surface area contributed by atoms with Gasteiger partial charge in [-0.25, -0.2) is 9.18 Å². The minimum Gasteiger partial charge on any atom is -0.484 e. The molecule has 2 amide bonds. The Bertz CT molecular complexity index is 864. The molecule has 0 atom stereocenters. The Hall–Kier alpha value is -3.68. The summed E-state index contributed by atoms with van der Waals surface area (Å²) in [4.78, 5) is 35.1. The zero-order chi connectivity index (χ0) is 21.1. The van der Waals surface area contributed by atoms with Crippen LogP contribution in [0.2, 0.25) is 0 Å². The van der Waals surface area contributed by atoms with Gasteiger partial charge in [0.1, 0.15) is 11.6 Å². The number of hydrogen-bond donors (Lipinski definition) is 2. The molecular weight excluding hydrogens is 379 g/mol. The van der Waals surface area contributed by atoms with Gasteiger partial charge in [0.25, 0.3) is 11.8 Å². The van der Waals surface area contributed by atoms with E-state index in [2.05, 4.69) is 10.9 Å². The zero-order valence-electron chi connectivity index (χ0n) is 15.8. The van der Waals surface area contributed by atoms with Crippen LogP contribution in [0.25, 0.3) is 6.08 Å². The molecule has 0 radical (unpaired) electrons. The molecule has 0 spiro atoms. The van der Waals surface area contributed by atoms with Crippen molar-refractivity contribution in [1.29, 1.82) is 0 Å². The summed E-state index contributed by atoms with van der Waals surface area (Å²) in [6, 6.07) is 11.7. The lowest BCUT2D eigenvalue weighted by molar-refractivity contribution is -0.128. The summed E-state index contributed by atoms with van der Waals surface area (Å²) in [6.07, 6.45) is 3.41. The Balaban J connectivity index is 1.71. The predicted octanol–water partition coefficient (Wildman–Crippen LogP) is 2.63. The van der Waals surface area contributed by atoms with Crippen LogP contribution < -0.4 is 15.6 Å². The third kappa shape index (κ3) is 7.84. The van der Waals surface area contributed by atoms with E-state index in [1.165, 1.54) is 48.6 Å². The summed E-state index contributed by atoms with van der Waals surface area (Å²) in [5.74, 6) is -1.54. The first-order valence-electron chi connectivity index (χ1n) is 8.90. The highest BCUT2D eigenvalue weighted by atomic mass is 19.1. The van der Waals surface area contributed by atoms with E-state index in [4.69, 9.17) is 9.47 Å². The standard InChI is InChI=1S/C21H21FN2O5/c1-2-13-28-21(27)16-6-10-18(11-7-16)29-14-20(26)24-23-19(25)12-5-15-3-8-17(22)9-4-15/h3-12H,2,13-14H2,1H3,(H,23,25)(H,24,26). The molecule has 2 aromatic rings. The summed E-state index contributed by atoms with van der Waals surface area (Å²) in [5.41, 5.74) is 5.43. The maximum atomic E-state index is 12.8. The van der Waals surface area contributed by atoms with Gasteiger partial charge in [-0.3, -0.25) is 20.4 Å². The molecule has 7 nitrogen and oxygen atoms in total. The number of carbonyl (C=O) groups excluding carboxylic acids is 3. The quantitative estimate of drug-likeness (QED) is 0.404. The highest BCUT2D eigenvalue weighted by Gasteiger charge is 2.08. The fourth-order valence-corrected chi connectivity index (χ4v) is 2.07. The van der Waals surface area contributed by atoms with Gasteiger partial charge in [-0.15, -0.1) is 0 Å². The first-order chi connectivity index (χ1) is 14.0. The Labute approximate surface area is 167 Å². The fourth-order valence-electron chi connectivity index (χ4n) is 2.07. The van der Waals surface area contributed by atoms with Gasteiger partial charge in [0.15, 0.2) is 6.61 Å². The molecule has 0 aliphatic rings. The number of rotatable bonds is 8. The van der Waals surface area contributed by atoms with Crippen molar-refractivity contribution in [1.82, 2.24) is 10.9 Å². The largest absolute Gasteiger partial charge is 0.484 e. The molecule has 0 heterocycles. The average molecular weight is 400 g/mol. The van der Waals surface area contributed by atoms with E-state index in [1.807, 2.05) is 6.92 Å². The maximum Gasteiger partial charge on any atom is 0.338 e. The van der Waals surface area contributed by atoms with Crippen LogP contribution >= 0.6 is 0 Å². The van der Waals surface area contributed by atoms with Crippen LogP contribution in [0, 0.1) is 5.82 Å². The average Bonchev–Trinajstić information content (AvgIpc) is 2.74. The van der Waals surface area contributed by atoms with E-state index < -0.39 is 17.8 Å². The topological polar surface area (TPSA) is 93.7 Å². The Kier molecular flexibility index (Phi) is 8.37. The van der Waals surface area contributed by atoms with E-state index in [-0.39, 0.29) is 12.4 Å². The highest BCUT2D eigenvalue weighted by molar-refractivity contribution is 5.93. The summed E-state index contributed by atoms with van der Waals surface area (Å²) in [7, 11) is 0. The normalized spacial score (nSPS) is 10.4. The lowest BCUT2D eigenvalue weighted by Gasteiger charge is -2.08. The number of benzene rings is 2. The summed E-state index contributed by atoms with van der Waals surface area (Å²) in [6.45, 7) is 1.92. The first-order valence-corrected chi connectivity index (χ1v) is 8.90. The Morgan fingerprint density at radius 2 is 1.69 bits per heavy atom. The van der Waals surface area contributed by atoms with Crippen LogP contribution in [0.15, 0.2) is 54.6 Å². The lowest BCUT2D eigenvalue weighted by Crippen LogP contribution is -2.43. The van der Waals surface area contributed by atoms with Crippen molar-refractivity contribution in [2.75, 3.05) is 13.2 Å². The molecular formula is C21H21FN2O5. The minimum atomic E-state index is -0.569. The fraction of sp³-hybridized carbons (Fsp3) is 0.190. The number of amides is 2. The molecule has 152 valence electrons. The van der Waals surface area contributed by atoms with E-state index >= 15 is 0 Å². The van der Waals surface area contributed by atoms with Crippen molar-refractivity contribution in [2.24, 2.45) is 0 Å². The second kappa shape index (κ2) is 11.2. The number of hydrogen-bond acceptors (Lipinski definition) is 5. The predicted molar refractivity (Wildman–Crippen MR) is 104 cm³/mol. The SMILES string of the molecule is CCCOC(=O)c1ccc(OCC(=O)NNC(=O)C=Cc2ccc(F)cc2)cc1. The van der Waals surface area contributed by atoms with Crippen molar-refractivity contribution in [2.45, 2.75) is 13.3 Å². The number of esters is 1. The number of halogens is 1. The second-order valence-corrected chi connectivity index (χ2v) is 5.87. The maximum absolute atomic E-state index is 12.8. The molecule has 0 aromatic heterocycles. The molecule has 2 rings (SSSR count). The van der Waals surface area contributed by atoms with E-state index in [9.17, 15) is 18.8 Å². The second-order valence-electron chi connectivity index (χ2n) is 5.87. The summed E-state index contributed by atoms with van der Waals surface area (Å²) < 4.78 is 23.1. The third-order valence-corrected chi connectivity index (χ3v) is 3.52. The van der Waals surface area contributed by atoms with Crippen molar-refractivity contribution in [3.05, 3.63) is 71.6 Å². The van der Waals surface area contributed by atoms with E-state index in [0.29, 0.717) is 23.5 Å². The smallest absolute Gasteiger partial charge is 0.338 e. The van der Waals surface area contributed by atoms with Crippen LogP contribution in [-0.2, 0) is 14.3 Å². The van der Waals surface area contributed by atoms with Gasteiger partial charge >= 0.3 is 5.97 Å². The third-order valence-electron chi connectivity index (χ3n) is 3.52. The molecule has 2 N–H and O–H groups in total. The van der Waals surface area contributed by atoms with Crippen molar-refractivity contribution < 1.29 is 28.2 Å². The Morgan fingerprint density at radius 1 is 1.00 bits per heavy atom. The van der Waals surface area contributed by atoms with Crippen molar-refractivity contribution in [3.63, 3.8) is 0 Å². The van der Waals surface area contributed by atoms with Crippen LogP contribution in [-0.4, -0.2) is 31.0 Å². The van der Waals surface area contributed by atoms with Gasteiger partial charge in [-0.2, -0.15) is 0 Å². The number of carbonyl (C=O) groups is 3. The van der Waals surface area contributed by atoms with E-state index in [0.717, 1.165) is 6.42 Å². The van der Waals surface area contributed by atoms with Gasteiger partial charge in [-0.05, 0) is 54.5 Å². The molecule has 29 heavy (non-hydrogen) atoms. The molecule has 0 saturated carbocycles. The van der Waals surface area contributed by atoms with Gasteiger partial charge in [0.05, 0.1) is 12.2 Å².